The van der Waals surface area contributed by atoms with E-state index in [1.807, 2.05) is 0 Å². The van der Waals surface area contributed by atoms with Gasteiger partial charge in [-0.05, 0) is 53.3 Å². The van der Waals surface area contributed by atoms with Crippen molar-refractivity contribution >= 4 is 0 Å². The van der Waals surface area contributed by atoms with Crippen LogP contribution in [-0.4, -0.2) is 36.7 Å². The Hall–Kier alpha value is -0.700. The summed E-state index contributed by atoms with van der Waals surface area (Å²) in [6.45, 7) is 14.8. The van der Waals surface area contributed by atoms with Crippen molar-refractivity contribution in [2.75, 3.05) is 26.2 Å². The van der Waals surface area contributed by atoms with Gasteiger partial charge in [-0.2, -0.15) is 0 Å². The van der Waals surface area contributed by atoms with Crippen molar-refractivity contribution < 1.29 is 4.74 Å². The van der Waals surface area contributed by atoms with E-state index in [2.05, 4.69) is 37.6 Å². The second kappa shape index (κ2) is 3.95. The lowest BCUT2D eigenvalue weighted by atomic mass is 9.72. The minimum Gasteiger partial charge on any atom is -0.474 e. The van der Waals surface area contributed by atoms with Crippen LogP contribution in [0.25, 0.3) is 0 Å². The largest absolute Gasteiger partial charge is 0.474 e. The van der Waals surface area contributed by atoms with Crippen LogP contribution in [0, 0.1) is 5.41 Å². The molecule has 0 saturated carbocycles. The smallest absolute Gasteiger partial charge is 0.182 e. The lowest BCUT2D eigenvalue weighted by molar-refractivity contribution is -0.0750. The molecule has 2 heterocycles. The zero-order valence-corrected chi connectivity index (χ0v) is 10.8. The highest BCUT2D eigenvalue weighted by Crippen LogP contribution is 2.40. The molecule has 3 nitrogen and oxygen atoms in total. The third-order valence-electron chi connectivity index (χ3n) is 3.49. The van der Waals surface area contributed by atoms with E-state index in [-0.39, 0.29) is 5.60 Å². The summed E-state index contributed by atoms with van der Waals surface area (Å²) in [5.74, 6) is 0.844. The maximum atomic E-state index is 5.79. The number of nitrogens with zero attached hydrogens (tertiary/aromatic N) is 1. The summed E-state index contributed by atoms with van der Waals surface area (Å²) in [7, 11) is 0. The molecule has 2 aliphatic rings. The molecule has 16 heavy (non-hydrogen) atoms. The fourth-order valence-corrected chi connectivity index (χ4v) is 2.63. The molecule has 0 aromatic heterocycles. The van der Waals surface area contributed by atoms with E-state index < -0.39 is 0 Å². The Labute approximate surface area is 98.8 Å². The third kappa shape index (κ3) is 2.51. The van der Waals surface area contributed by atoms with E-state index in [9.17, 15) is 0 Å². The summed E-state index contributed by atoms with van der Waals surface area (Å²) in [4.78, 5) is 2.27. The molecule has 1 spiro atoms. The summed E-state index contributed by atoms with van der Waals surface area (Å²) in [6, 6.07) is 0. The normalized spacial score (nSPS) is 24.1. The minimum atomic E-state index is -0.131. The Bertz CT molecular complexity index is 266. The lowest BCUT2D eigenvalue weighted by Crippen LogP contribution is -2.59. The molecular formula is C13H24N2O. The fourth-order valence-electron chi connectivity index (χ4n) is 2.63. The van der Waals surface area contributed by atoms with E-state index in [1.54, 1.807) is 0 Å². The third-order valence-corrected chi connectivity index (χ3v) is 3.49. The Kier molecular flexibility index (Phi) is 2.91. The van der Waals surface area contributed by atoms with Crippen molar-refractivity contribution in [3.8, 4) is 0 Å². The number of piperidine rings is 1. The number of nitrogens with one attached hydrogen (secondary N) is 1. The van der Waals surface area contributed by atoms with Gasteiger partial charge in [0.1, 0.15) is 5.60 Å². The van der Waals surface area contributed by atoms with E-state index >= 15 is 0 Å². The summed E-state index contributed by atoms with van der Waals surface area (Å²) < 4.78 is 5.79. The summed E-state index contributed by atoms with van der Waals surface area (Å²) >= 11 is 0. The zero-order valence-electron chi connectivity index (χ0n) is 10.8. The number of likely N-dealkylation sites (tertiary alicyclic amines) is 1. The van der Waals surface area contributed by atoms with Crippen LogP contribution in [0.15, 0.2) is 12.5 Å². The molecule has 0 aromatic rings. The molecule has 92 valence electrons. The lowest BCUT2D eigenvalue weighted by Gasteiger charge is -2.54. The van der Waals surface area contributed by atoms with Crippen LogP contribution < -0.4 is 5.32 Å². The van der Waals surface area contributed by atoms with Crippen molar-refractivity contribution in [2.45, 2.75) is 39.2 Å². The monoisotopic (exact) mass is 224 g/mol. The second-order valence-corrected chi connectivity index (χ2v) is 6.21. The maximum absolute atomic E-state index is 5.79. The standard InChI is InChI=1S/C13H24N2O/c1-11(16-12(2,3)4)15-9-13(10-15)5-7-14-8-6-13/h14H,1,5-10H2,2-4H3. The maximum Gasteiger partial charge on any atom is 0.182 e. The molecule has 0 aliphatic carbocycles. The van der Waals surface area contributed by atoms with E-state index in [0.29, 0.717) is 5.41 Å². The van der Waals surface area contributed by atoms with Crippen molar-refractivity contribution in [2.24, 2.45) is 5.41 Å². The SMILES string of the molecule is C=C(OC(C)(C)C)N1CC2(CCNCC2)C1. The molecule has 0 aromatic carbocycles. The van der Waals surface area contributed by atoms with Crippen molar-refractivity contribution in [1.82, 2.24) is 10.2 Å². The quantitative estimate of drug-likeness (QED) is 0.726. The van der Waals surface area contributed by atoms with Crippen molar-refractivity contribution in [1.29, 1.82) is 0 Å². The summed E-state index contributed by atoms with van der Waals surface area (Å²) in [6.07, 6.45) is 2.60. The van der Waals surface area contributed by atoms with Crippen LogP contribution in [0.5, 0.6) is 0 Å². The first-order valence-corrected chi connectivity index (χ1v) is 6.24. The molecule has 0 radical (unpaired) electrons. The van der Waals surface area contributed by atoms with Gasteiger partial charge in [0, 0.05) is 18.5 Å². The topological polar surface area (TPSA) is 24.5 Å². The Morgan fingerprint density at radius 3 is 2.31 bits per heavy atom. The number of hydrogen-bond acceptors (Lipinski definition) is 3. The Balaban J connectivity index is 1.81. The number of rotatable bonds is 2. The first-order valence-electron chi connectivity index (χ1n) is 6.24. The van der Waals surface area contributed by atoms with Gasteiger partial charge in [-0.3, -0.25) is 0 Å². The molecule has 2 saturated heterocycles. The second-order valence-electron chi connectivity index (χ2n) is 6.21. The van der Waals surface area contributed by atoms with Crippen LogP contribution in [0.2, 0.25) is 0 Å². The van der Waals surface area contributed by atoms with Gasteiger partial charge < -0.3 is 15.0 Å². The van der Waals surface area contributed by atoms with Gasteiger partial charge in [-0.1, -0.05) is 0 Å². The van der Waals surface area contributed by atoms with Gasteiger partial charge in [0.15, 0.2) is 5.88 Å². The van der Waals surface area contributed by atoms with Crippen molar-refractivity contribution in [3.63, 3.8) is 0 Å². The molecule has 1 N–H and O–H groups in total. The molecule has 2 fully saturated rings. The van der Waals surface area contributed by atoms with E-state index in [1.165, 1.54) is 25.9 Å². The minimum absolute atomic E-state index is 0.131. The van der Waals surface area contributed by atoms with Gasteiger partial charge >= 0.3 is 0 Å². The van der Waals surface area contributed by atoms with Crippen LogP contribution in [0.3, 0.4) is 0 Å². The average Bonchev–Trinajstić information content (AvgIpc) is 2.12. The van der Waals surface area contributed by atoms with Crippen molar-refractivity contribution in [3.05, 3.63) is 12.5 Å². The number of ether oxygens (including phenoxy) is 1. The molecular weight excluding hydrogens is 200 g/mol. The predicted octanol–water partition coefficient (Wildman–Crippen LogP) is 1.96. The molecule has 0 unspecified atom stereocenters. The van der Waals surface area contributed by atoms with Gasteiger partial charge in [-0.15, -0.1) is 0 Å². The summed E-state index contributed by atoms with van der Waals surface area (Å²) in [5, 5.41) is 3.42. The van der Waals surface area contributed by atoms with Crippen LogP contribution in [0.1, 0.15) is 33.6 Å². The van der Waals surface area contributed by atoms with Gasteiger partial charge in [0.2, 0.25) is 0 Å². The Morgan fingerprint density at radius 2 is 1.81 bits per heavy atom. The zero-order chi connectivity index (χ0) is 11.8. The fraction of sp³-hybridized carbons (Fsp3) is 0.846. The Morgan fingerprint density at radius 1 is 1.25 bits per heavy atom. The van der Waals surface area contributed by atoms with Gasteiger partial charge in [-0.25, -0.2) is 0 Å². The molecule has 0 atom stereocenters. The molecule has 2 rings (SSSR count). The highest BCUT2D eigenvalue weighted by Gasteiger charge is 2.44. The first-order chi connectivity index (χ1) is 7.40. The molecule has 3 heteroatoms. The van der Waals surface area contributed by atoms with Crippen LogP contribution in [-0.2, 0) is 4.74 Å². The van der Waals surface area contributed by atoms with E-state index in [4.69, 9.17) is 4.74 Å². The van der Waals surface area contributed by atoms with Gasteiger partial charge in [0.25, 0.3) is 0 Å². The highest BCUT2D eigenvalue weighted by molar-refractivity contribution is 5.04. The highest BCUT2D eigenvalue weighted by atomic mass is 16.5. The number of hydrogen-bond donors (Lipinski definition) is 1. The predicted molar refractivity (Wildman–Crippen MR) is 66.1 cm³/mol. The van der Waals surface area contributed by atoms with E-state index in [0.717, 1.165) is 19.0 Å². The first kappa shape index (κ1) is 11.8. The molecule has 2 aliphatic heterocycles. The van der Waals surface area contributed by atoms with Gasteiger partial charge in [0.05, 0.1) is 0 Å². The van der Waals surface area contributed by atoms with Crippen LogP contribution >= 0.6 is 0 Å². The summed E-state index contributed by atoms with van der Waals surface area (Å²) in [5.41, 5.74) is 0.420. The average molecular weight is 224 g/mol. The van der Waals surface area contributed by atoms with Crippen LogP contribution in [0.4, 0.5) is 0 Å². The molecule has 0 bridgehead atoms. The molecule has 0 amide bonds.